The normalized spacial score (nSPS) is 10.8. The first-order valence-corrected chi connectivity index (χ1v) is 10.3. The summed E-state index contributed by atoms with van der Waals surface area (Å²) in [5.41, 5.74) is 4.08. The maximum Gasteiger partial charge on any atom is 0.267 e. The summed E-state index contributed by atoms with van der Waals surface area (Å²) in [6.07, 6.45) is 5.31. The SMILES string of the molecule is C#Cc1cc(CNCC(NC(=O)c2ccc(C#Cc3ccccc3)cc2)C(=O)NO)cc(=O)[nH]1. The number of terminal acetylenes is 1. The second-order valence-electron chi connectivity index (χ2n) is 7.24. The van der Waals surface area contributed by atoms with Crippen LogP contribution < -0.4 is 21.7 Å². The number of carbonyl (C=O) groups is 2. The Balaban J connectivity index is 1.61. The van der Waals surface area contributed by atoms with Gasteiger partial charge in [0.15, 0.2) is 0 Å². The number of nitrogens with one attached hydrogen (secondary N) is 4. The van der Waals surface area contributed by atoms with Gasteiger partial charge in [0, 0.05) is 35.8 Å². The number of H-pyrrole nitrogens is 1. The predicted octanol–water partition coefficient (Wildman–Crippen LogP) is 1.15. The van der Waals surface area contributed by atoms with Crippen molar-refractivity contribution in [1.29, 1.82) is 0 Å². The number of hydroxylamine groups is 1. The Bertz CT molecular complexity index is 1310. The van der Waals surface area contributed by atoms with Crippen LogP contribution in [0.3, 0.4) is 0 Å². The fourth-order valence-corrected chi connectivity index (χ4v) is 3.04. The van der Waals surface area contributed by atoms with E-state index in [0.717, 1.165) is 11.1 Å². The molecule has 0 radical (unpaired) electrons. The highest BCUT2D eigenvalue weighted by Crippen LogP contribution is 2.05. The molecule has 0 saturated heterocycles. The Morgan fingerprint density at radius 2 is 1.68 bits per heavy atom. The average Bonchev–Trinajstić information content (AvgIpc) is 2.86. The summed E-state index contributed by atoms with van der Waals surface area (Å²) in [6, 6.07) is 18.1. The zero-order valence-corrected chi connectivity index (χ0v) is 18.1. The molecule has 0 aliphatic heterocycles. The van der Waals surface area contributed by atoms with E-state index in [9.17, 15) is 14.4 Å². The summed E-state index contributed by atoms with van der Waals surface area (Å²) in [4.78, 5) is 38.8. The Morgan fingerprint density at radius 1 is 1.00 bits per heavy atom. The van der Waals surface area contributed by atoms with Crippen LogP contribution in [0.25, 0.3) is 0 Å². The molecule has 0 saturated carbocycles. The van der Waals surface area contributed by atoms with Crippen LogP contribution in [-0.2, 0) is 11.3 Å². The van der Waals surface area contributed by atoms with Crippen molar-refractivity contribution in [3.63, 3.8) is 0 Å². The number of benzene rings is 2. The number of pyridine rings is 1. The molecule has 8 nitrogen and oxygen atoms in total. The molecule has 0 aliphatic rings. The van der Waals surface area contributed by atoms with Gasteiger partial charge in [-0.1, -0.05) is 36.0 Å². The molecule has 1 heterocycles. The van der Waals surface area contributed by atoms with Gasteiger partial charge in [-0.25, -0.2) is 5.48 Å². The number of hydrogen-bond acceptors (Lipinski definition) is 5. The molecule has 3 rings (SSSR count). The minimum atomic E-state index is -1.07. The van der Waals surface area contributed by atoms with Crippen molar-refractivity contribution in [2.75, 3.05) is 6.54 Å². The standard InChI is InChI=1S/C26H22N4O4/c1-2-22-14-20(15-24(31)28-22)16-27-17-23(26(33)30-34)29-25(32)21-12-10-19(11-13-21)9-8-18-6-4-3-5-7-18/h1,3-7,10-15,23,27,34H,16-17H2,(H,28,31)(H,29,32)(H,30,33). The number of rotatable bonds is 7. The summed E-state index contributed by atoms with van der Waals surface area (Å²) < 4.78 is 0. The molecule has 0 aliphatic carbocycles. The second kappa shape index (κ2) is 11.8. The van der Waals surface area contributed by atoms with Crippen molar-refractivity contribution < 1.29 is 14.8 Å². The first kappa shape index (κ1) is 24.0. The quantitative estimate of drug-likeness (QED) is 0.208. The third-order valence-corrected chi connectivity index (χ3v) is 4.74. The number of carbonyl (C=O) groups excluding carboxylic acids is 2. The Hall–Kier alpha value is -4.63. The van der Waals surface area contributed by atoms with E-state index in [2.05, 4.69) is 33.4 Å². The van der Waals surface area contributed by atoms with Crippen molar-refractivity contribution in [3.05, 3.63) is 105 Å². The van der Waals surface area contributed by atoms with E-state index in [1.807, 2.05) is 30.3 Å². The molecule has 2 aromatic carbocycles. The molecule has 170 valence electrons. The number of amides is 2. The van der Waals surface area contributed by atoms with Gasteiger partial charge in [-0.15, -0.1) is 6.42 Å². The van der Waals surface area contributed by atoms with Gasteiger partial charge >= 0.3 is 0 Å². The Morgan fingerprint density at radius 3 is 2.32 bits per heavy atom. The van der Waals surface area contributed by atoms with Gasteiger partial charge in [0.2, 0.25) is 5.56 Å². The highest BCUT2D eigenvalue weighted by molar-refractivity contribution is 5.97. The molecule has 3 aromatic rings. The van der Waals surface area contributed by atoms with Crippen LogP contribution in [0.5, 0.6) is 0 Å². The Labute approximate surface area is 196 Å². The van der Waals surface area contributed by atoms with Gasteiger partial charge in [-0.3, -0.25) is 19.6 Å². The number of aromatic amines is 1. The molecule has 1 unspecified atom stereocenters. The molecule has 5 N–H and O–H groups in total. The van der Waals surface area contributed by atoms with Gasteiger partial charge < -0.3 is 15.6 Å². The summed E-state index contributed by atoms with van der Waals surface area (Å²) >= 11 is 0. The lowest BCUT2D eigenvalue weighted by atomic mass is 10.1. The molecule has 1 atom stereocenters. The van der Waals surface area contributed by atoms with E-state index in [1.165, 1.54) is 6.07 Å². The first-order valence-electron chi connectivity index (χ1n) is 10.3. The molecule has 0 fully saturated rings. The van der Waals surface area contributed by atoms with Gasteiger partial charge in [-0.2, -0.15) is 0 Å². The lowest BCUT2D eigenvalue weighted by Crippen LogP contribution is -2.51. The Kier molecular flexibility index (Phi) is 8.36. The molecule has 8 heteroatoms. The molecule has 0 spiro atoms. The average molecular weight is 454 g/mol. The zero-order valence-electron chi connectivity index (χ0n) is 18.1. The van der Waals surface area contributed by atoms with Crippen LogP contribution in [-0.4, -0.2) is 34.6 Å². The molecular weight excluding hydrogens is 432 g/mol. The molecule has 1 aromatic heterocycles. The number of hydrogen-bond donors (Lipinski definition) is 5. The summed E-state index contributed by atoms with van der Waals surface area (Å²) in [6.45, 7) is 0.218. The van der Waals surface area contributed by atoms with E-state index < -0.39 is 17.9 Å². The van der Waals surface area contributed by atoms with Crippen molar-refractivity contribution in [2.45, 2.75) is 12.6 Å². The molecular formula is C26H22N4O4. The van der Waals surface area contributed by atoms with E-state index >= 15 is 0 Å². The van der Waals surface area contributed by atoms with Crippen LogP contribution in [0.15, 0.2) is 71.5 Å². The highest BCUT2D eigenvalue weighted by Gasteiger charge is 2.21. The smallest absolute Gasteiger partial charge is 0.267 e. The van der Waals surface area contributed by atoms with Crippen molar-refractivity contribution >= 4 is 11.8 Å². The maximum atomic E-state index is 12.6. The third-order valence-electron chi connectivity index (χ3n) is 4.74. The van der Waals surface area contributed by atoms with Gasteiger partial charge in [0.25, 0.3) is 11.8 Å². The fourth-order valence-electron chi connectivity index (χ4n) is 3.04. The van der Waals surface area contributed by atoms with Crippen LogP contribution in [0.2, 0.25) is 0 Å². The van der Waals surface area contributed by atoms with Crippen molar-refractivity contribution in [1.82, 2.24) is 21.1 Å². The van der Waals surface area contributed by atoms with E-state index in [-0.39, 0.29) is 18.6 Å². The van der Waals surface area contributed by atoms with E-state index in [1.54, 1.807) is 35.8 Å². The lowest BCUT2D eigenvalue weighted by Gasteiger charge is -2.17. The van der Waals surface area contributed by atoms with Crippen LogP contribution in [0.1, 0.15) is 32.7 Å². The summed E-state index contributed by atoms with van der Waals surface area (Å²) in [5.74, 6) is 7.13. The lowest BCUT2D eigenvalue weighted by molar-refractivity contribution is -0.131. The second-order valence-corrected chi connectivity index (χ2v) is 7.24. The van der Waals surface area contributed by atoms with Crippen molar-refractivity contribution in [2.24, 2.45) is 0 Å². The summed E-state index contributed by atoms with van der Waals surface area (Å²) in [5, 5.41) is 14.6. The topological polar surface area (TPSA) is 123 Å². The van der Waals surface area contributed by atoms with Gasteiger partial charge in [-0.05, 0) is 48.0 Å². The van der Waals surface area contributed by atoms with Crippen LogP contribution in [0, 0.1) is 24.2 Å². The molecule has 0 bridgehead atoms. The van der Waals surface area contributed by atoms with Crippen LogP contribution >= 0.6 is 0 Å². The van der Waals surface area contributed by atoms with E-state index in [0.29, 0.717) is 16.8 Å². The third kappa shape index (κ3) is 6.94. The highest BCUT2D eigenvalue weighted by atomic mass is 16.5. The number of aromatic nitrogens is 1. The first-order chi connectivity index (χ1) is 16.5. The molecule has 34 heavy (non-hydrogen) atoms. The van der Waals surface area contributed by atoms with Crippen LogP contribution in [0.4, 0.5) is 0 Å². The minimum absolute atomic E-state index is 0.00302. The van der Waals surface area contributed by atoms with Gasteiger partial charge in [0.1, 0.15) is 6.04 Å². The predicted molar refractivity (Wildman–Crippen MR) is 127 cm³/mol. The van der Waals surface area contributed by atoms with Crippen molar-refractivity contribution in [3.8, 4) is 24.2 Å². The summed E-state index contributed by atoms with van der Waals surface area (Å²) in [7, 11) is 0. The minimum Gasteiger partial charge on any atom is -0.339 e. The fraction of sp³-hybridized carbons (Fsp3) is 0.115. The monoisotopic (exact) mass is 454 g/mol. The molecule has 2 amide bonds. The van der Waals surface area contributed by atoms with Gasteiger partial charge in [0.05, 0.1) is 5.69 Å². The maximum absolute atomic E-state index is 12.6. The van der Waals surface area contributed by atoms with E-state index in [4.69, 9.17) is 11.6 Å². The largest absolute Gasteiger partial charge is 0.339 e. The zero-order chi connectivity index (χ0) is 24.3.